The van der Waals surface area contributed by atoms with E-state index in [0.717, 1.165) is 0 Å². The van der Waals surface area contributed by atoms with Gasteiger partial charge in [0, 0.05) is 0 Å². The first kappa shape index (κ1) is 23.1. The molecule has 0 aliphatic rings. The molecule has 140 valence electrons. The number of likely N-dealkylation sites (N-methyl/N-ethyl adjacent to an activating group) is 2. The minimum atomic E-state index is -4.62. The molecule has 0 N–H and O–H groups in total. The molecular formula is C11H28N2O8P2. The van der Waals surface area contributed by atoms with E-state index < -0.39 is 22.4 Å². The van der Waals surface area contributed by atoms with E-state index in [0.29, 0.717) is 22.1 Å². The first-order valence-corrected chi connectivity index (χ1v) is 9.85. The van der Waals surface area contributed by atoms with Gasteiger partial charge in [0.05, 0.1) is 42.3 Å². The van der Waals surface area contributed by atoms with E-state index in [2.05, 4.69) is 18.1 Å². The molecule has 0 saturated heterocycles. The summed E-state index contributed by atoms with van der Waals surface area (Å²) < 4.78 is 41.7. The summed E-state index contributed by atoms with van der Waals surface area (Å²) in [4.78, 5) is 22.8. The molecule has 2 unspecified atom stereocenters. The average Bonchev–Trinajstić information content (AvgIpc) is 2.23. The summed E-state index contributed by atoms with van der Waals surface area (Å²) in [5.74, 6) is 0. The SMILES string of the molecule is C[N+](C)(C)CCOP(=O)([O-])OCOP(=O)([O-])OCC[N+](C)(C)C. The Hall–Kier alpha value is 0.140. The van der Waals surface area contributed by atoms with Crippen LogP contribution in [-0.2, 0) is 27.2 Å². The van der Waals surface area contributed by atoms with Crippen LogP contribution in [0, 0.1) is 0 Å². The Morgan fingerprint density at radius 3 is 1.26 bits per heavy atom. The van der Waals surface area contributed by atoms with Crippen molar-refractivity contribution in [2.75, 3.05) is 75.4 Å². The molecule has 0 rings (SSSR count). The van der Waals surface area contributed by atoms with Crippen LogP contribution in [0.2, 0.25) is 0 Å². The van der Waals surface area contributed by atoms with Crippen molar-refractivity contribution in [2.24, 2.45) is 0 Å². The zero-order chi connectivity index (χ0) is 18.4. The van der Waals surface area contributed by atoms with Crippen LogP contribution in [0.25, 0.3) is 0 Å². The summed E-state index contributed by atoms with van der Waals surface area (Å²) in [6, 6.07) is 0. The van der Waals surface area contributed by atoms with E-state index in [-0.39, 0.29) is 13.2 Å². The molecule has 0 fully saturated rings. The monoisotopic (exact) mass is 378 g/mol. The Morgan fingerprint density at radius 2 is 1.00 bits per heavy atom. The fraction of sp³-hybridized carbons (Fsp3) is 1.00. The van der Waals surface area contributed by atoms with Gasteiger partial charge in [-0.3, -0.25) is 18.2 Å². The zero-order valence-electron chi connectivity index (χ0n) is 14.6. The lowest BCUT2D eigenvalue weighted by Gasteiger charge is -2.29. The molecule has 0 heterocycles. The molecule has 0 spiro atoms. The standard InChI is InChI=1S/C11H28N2O8P2/c1-12(2,3)7-9-18-22(14,15)20-11-21-23(16,17)19-10-8-13(4,5)6/h7-11H2,1-6H3. The number of hydrogen-bond donors (Lipinski definition) is 0. The minimum Gasteiger partial charge on any atom is -0.756 e. The molecule has 2 atom stereocenters. The highest BCUT2D eigenvalue weighted by molar-refractivity contribution is 7.46. The van der Waals surface area contributed by atoms with Gasteiger partial charge in [-0.15, -0.1) is 0 Å². The summed E-state index contributed by atoms with van der Waals surface area (Å²) in [5, 5.41) is 0. The van der Waals surface area contributed by atoms with E-state index in [4.69, 9.17) is 0 Å². The lowest BCUT2D eigenvalue weighted by Crippen LogP contribution is -2.37. The Kier molecular flexibility index (Phi) is 9.06. The summed E-state index contributed by atoms with van der Waals surface area (Å²) >= 11 is 0. The second kappa shape index (κ2) is 9.01. The highest BCUT2D eigenvalue weighted by Crippen LogP contribution is 2.42. The summed E-state index contributed by atoms with van der Waals surface area (Å²) in [6.45, 7) is -0.315. The quantitative estimate of drug-likeness (QED) is 0.250. The smallest absolute Gasteiger partial charge is 0.270 e. The third kappa shape index (κ3) is 15.4. The van der Waals surface area contributed by atoms with Crippen molar-refractivity contribution in [1.29, 1.82) is 0 Å². The van der Waals surface area contributed by atoms with Crippen LogP contribution in [0.15, 0.2) is 0 Å². The first-order chi connectivity index (χ1) is 10.1. The van der Waals surface area contributed by atoms with Gasteiger partial charge in [0.1, 0.15) is 26.3 Å². The third-order valence-electron chi connectivity index (χ3n) is 2.44. The van der Waals surface area contributed by atoms with Gasteiger partial charge in [-0.25, -0.2) is 0 Å². The van der Waals surface area contributed by atoms with Crippen LogP contribution < -0.4 is 9.79 Å². The molecular weight excluding hydrogens is 350 g/mol. The topological polar surface area (TPSA) is 117 Å². The van der Waals surface area contributed by atoms with E-state index in [1.165, 1.54) is 0 Å². The molecule has 10 nitrogen and oxygen atoms in total. The lowest BCUT2D eigenvalue weighted by molar-refractivity contribution is -0.870. The van der Waals surface area contributed by atoms with E-state index in [9.17, 15) is 18.9 Å². The Balaban J connectivity index is 4.06. The van der Waals surface area contributed by atoms with Crippen molar-refractivity contribution < 1.29 is 46.0 Å². The van der Waals surface area contributed by atoms with Gasteiger partial charge in [0.25, 0.3) is 15.6 Å². The van der Waals surface area contributed by atoms with Crippen LogP contribution in [-0.4, -0.2) is 84.3 Å². The van der Waals surface area contributed by atoms with Crippen molar-refractivity contribution >= 4 is 15.6 Å². The fourth-order valence-electron chi connectivity index (χ4n) is 1.08. The van der Waals surface area contributed by atoms with Crippen molar-refractivity contribution in [3.05, 3.63) is 0 Å². The maximum atomic E-state index is 11.4. The number of nitrogens with zero attached hydrogens (tertiary/aromatic N) is 2. The Labute approximate surface area is 137 Å². The van der Waals surface area contributed by atoms with Gasteiger partial charge in [0.15, 0.2) is 6.79 Å². The highest BCUT2D eigenvalue weighted by Gasteiger charge is 2.17. The first-order valence-electron chi connectivity index (χ1n) is 6.93. The largest absolute Gasteiger partial charge is 0.756 e. The van der Waals surface area contributed by atoms with Crippen molar-refractivity contribution in [1.82, 2.24) is 0 Å². The molecule has 0 radical (unpaired) electrons. The van der Waals surface area contributed by atoms with Gasteiger partial charge in [-0.2, -0.15) is 0 Å². The number of phosphoric acid groups is 2. The van der Waals surface area contributed by atoms with E-state index >= 15 is 0 Å². The maximum absolute atomic E-state index is 11.4. The van der Waals surface area contributed by atoms with Gasteiger partial charge >= 0.3 is 0 Å². The molecule has 0 bridgehead atoms. The normalized spacial score (nSPS) is 18.4. The molecule has 0 amide bonds. The van der Waals surface area contributed by atoms with Crippen molar-refractivity contribution in [3.8, 4) is 0 Å². The number of quaternary nitrogens is 2. The fourth-order valence-corrected chi connectivity index (χ4v) is 2.29. The summed E-state index contributed by atoms with van der Waals surface area (Å²) in [5.41, 5.74) is 0. The van der Waals surface area contributed by atoms with Crippen LogP contribution >= 0.6 is 15.6 Å². The van der Waals surface area contributed by atoms with Crippen molar-refractivity contribution in [3.63, 3.8) is 0 Å². The molecule has 0 aromatic rings. The van der Waals surface area contributed by atoms with Gasteiger partial charge < -0.3 is 27.8 Å². The van der Waals surface area contributed by atoms with Crippen LogP contribution in [0.4, 0.5) is 0 Å². The predicted molar refractivity (Wildman–Crippen MR) is 80.0 cm³/mol. The predicted octanol–water partition coefficient (Wildman–Crippen LogP) is -0.640. The van der Waals surface area contributed by atoms with Crippen LogP contribution in [0.5, 0.6) is 0 Å². The Morgan fingerprint density at radius 1 is 0.696 bits per heavy atom. The third-order valence-corrected chi connectivity index (χ3v) is 4.29. The van der Waals surface area contributed by atoms with E-state index in [1.54, 1.807) is 0 Å². The summed E-state index contributed by atoms with van der Waals surface area (Å²) in [6.07, 6.45) is 0. The second-order valence-corrected chi connectivity index (χ2v) is 9.79. The second-order valence-electron chi connectivity index (χ2n) is 6.96. The number of phosphoric ester groups is 2. The van der Waals surface area contributed by atoms with Crippen LogP contribution in [0.1, 0.15) is 0 Å². The van der Waals surface area contributed by atoms with Crippen molar-refractivity contribution in [2.45, 2.75) is 0 Å². The maximum Gasteiger partial charge on any atom is 0.270 e. The lowest BCUT2D eigenvalue weighted by atomic mass is 10.5. The molecule has 0 saturated carbocycles. The Bertz CT molecular complexity index is 406. The molecule has 0 aliphatic heterocycles. The minimum absolute atomic E-state index is 0.0840. The molecule has 0 aromatic carbocycles. The number of rotatable bonds is 12. The van der Waals surface area contributed by atoms with E-state index in [1.807, 2.05) is 42.3 Å². The molecule has 23 heavy (non-hydrogen) atoms. The molecule has 0 aliphatic carbocycles. The average molecular weight is 378 g/mol. The van der Waals surface area contributed by atoms with Gasteiger partial charge in [-0.05, 0) is 0 Å². The van der Waals surface area contributed by atoms with Gasteiger partial charge in [0.2, 0.25) is 0 Å². The molecule has 0 aromatic heterocycles. The highest BCUT2D eigenvalue weighted by atomic mass is 31.2. The summed E-state index contributed by atoms with van der Waals surface area (Å²) in [7, 11) is 1.95. The zero-order valence-corrected chi connectivity index (χ0v) is 16.4. The van der Waals surface area contributed by atoms with Crippen LogP contribution in [0.3, 0.4) is 0 Å². The van der Waals surface area contributed by atoms with Gasteiger partial charge in [-0.1, -0.05) is 0 Å². The number of hydrogen-bond acceptors (Lipinski definition) is 8. The molecule has 12 heteroatoms.